The van der Waals surface area contributed by atoms with Crippen LogP contribution in [0.5, 0.6) is 11.5 Å². The minimum Gasteiger partial charge on any atom is -0.454 e. The maximum Gasteiger partial charge on any atom is 0.238 e. The highest BCUT2D eigenvalue weighted by molar-refractivity contribution is 6.24. The molecule has 33 heavy (non-hydrogen) atoms. The first-order valence-electron chi connectivity index (χ1n) is 10.8. The van der Waals surface area contributed by atoms with Crippen molar-refractivity contribution in [3.05, 3.63) is 82.9 Å². The van der Waals surface area contributed by atoms with E-state index in [1.165, 1.54) is 0 Å². The quantitative estimate of drug-likeness (QED) is 0.561. The molecule has 0 saturated heterocycles. The predicted molar refractivity (Wildman–Crippen MR) is 125 cm³/mol. The van der Waals surface area contributed by atoms with E-state index in [2.05, 4.69) is 23.6 Å². The highest BCUT2D eigenvalue weighted by Gasteiger charge is 2.36. The maximum atomic E-state index is 13.1. The van der Waals surface area contributed by atoms with Crippen molar-refractivity contribution in [2.45, 2.75) is 19.4 Å². The number of amides is 1. The van der Waals surface area contributed by atoms with Gasteiger partial charge < -0.3 is 20.1 Å². The Morgan fingerprint density at radius 2 is 1.94 bits per heavy atom. The minimum absolute atomic E-state index is 0.169. The number of benzene rings is 3. The third-order valence-electron chi connectivity index (χ3n) is 5.72. The fraction of sp³-hybridized carbons (Fsp3) is 0.192. The highest BCUT2D eigenvalue weighted by Crippen LogP contribution is 2.39. The molecule has 3 aromatic rings. The topological polar surface area (TPSA) is 95.7 Å². The number of fused-ring (bicyclic) bond motifs is 2. The van der Waals surface area contributed by atoms with E-state index in [0.717, 1.165) is 35.5 Å². The number of carbonyl (C=O) groups is 1. The lowest BCUT2D eigenvalue weighted by Gasteiger charge is -2.15. The van der Waals surface area contributed by atoms with Crippen molar-refractivity contribution < 1.29 is 14.3 Å². The molecule has 0 radical (unpaired) electrons. The monoisotopic (exact) mass is 438 g/mol. The zero-order valence-corrected chi connectivity index (χ0v) is 18.1. The van der Waals surface area contributed by atoms with Gasteiger partial charge in [0.1, 0.15) is 5.92 Å². The molecule has 7 nitrogen and oxygen atoms in total. The number of hydrogen-bond acceptors (Lipinski definition) is 6. The molecule has 164 valence electrons. The van der Waals surface area contributed by atoms with E-state index in [-0.39, 0.29) is 12.7 Å². The van der Waals surface area contributed by atoms with Crippen molar-refractivity contribution in [1.82, 2.24) is 5.32 Å². The van der Waals surface area contributed by atoms with Gasteiger partial charge in [0.2, 0.25) is 12.7 Å². The van der Waals surface area contributed by atoms with Gasteiger partial charge in [-0.3, -0.25) is 9.79 Å². The summed E-state index contributed by atoms with van der Waals surface area (Å²) < 4.78 is 11.0. The molecule has 0 spiro atoms. The van der Waals surface area contributed by atoms with Crippen LogP contribution >= 0.6 is 0 Å². The van der Waals surface area contributed by atoms with Gasteiger partial charge >= 0.3 is 0 Å². The standard InChI is InChI=1S/C26H22N4O3/c1-2-28-14-16-3-7-19(8-4-16)29-25(18-6-10-22-23(12-18)33-15-32-22)24-20-9-5-17(13-27)11-21(20)30-26(24)31/h3-12,24,28H,2,14-15H2,1H3,(H,30,31). The number of anilines is 1. The zero-order valence-electron chi connectivity index (χ0n) is 18.1. The van der Waals surface area contributed by atoms with E-state index < -0.39 is 5.92 Å². The Morgan fingerprint density at radius 1 is 1.12 bits per heavy atom. The van der Waals surface area contributed by atoms with Crippen molar-refractivity contribution in [3.8, 4) is 17.6 Å². The molecular weight excluding hydrogens is 416 g/mol. The molecule has 3 aromatic carbocycles. The molecule has 1 amide bonds. The zero-order chi connectivity index (χ0) is 22.8. The lowest BCUT2D eigenvalue weighted by molar-refractivity contribution is -0.115. The third kappa shape index (κ3) is 4.04. The van der Waals surface area contributed by atoms with Crippen LogP contribution in [-0.2, 0) is 11.3 Å². The van der Waals surface area contributed by atoms with Crippen LogP contribution in [0.15, 0.2) is 65.7 Å². The fourth-order valence-corrected chi connectivity index (χ4v) is 4.05. The van der Waals surface area contributed by atoms with Crippen molar-refractivity contribution in [1.29, 1.82) is 5.26 Å². The van der Waals surface area contributed by atoms with E-state index in [1.54, 1.807) is 12.1 Å². The van der Waals surface area contributed by atoms with Gasteiger partial charge in [-0.15, -0.1) is 0 Å². The largest absolute Gasteiger partial charge is 0.454 e. The molecule has 0 bridgehead atoms. The first-order valence-corrected chi connectivity index (χ1v) is 10.8. The van der Waals surface area contributed by atoms with Crippen LogP contribution in [-0.4, -0.2) is 25.0 Å². The second-order valence-electron chi connectivity index (χ2n) is 7.85. The third-order valence-corrected chi connectivity index (χ3v) is 5.72. The Bertz CT molecular complexity index is 1290. The van der Waals surface area contributed by atoms with Crippen molar-refractivity contribution in [3.63, 3.8) is 0 Å². The van der Waals surface area contributed by atoms with E-state index in [4.69, 9.17) is 14.5 Å². The molecule has 2 N–H and O–H groups in total. The van der Waals surface area contributed by atoms with E-state index >= 15 is 0 Å². The molecule has 0 saturated carbocycles. The summed E-state index contributed by atoms with van der Waals surface area (Å²) in [5, 5.41) is 15.4. The maximum absolute atomic E-state index is 13.1. The SMILES string of the molecule is CCNCc1ccc(N=C(c2ccc3c(c2)OCO3)C2C(=O)Nc3cc(C#N)ccc32)cc1. The van der Waals surface area contributed by atoms with E-state index in [1.807, 2.05) is 48.5 Å². The predicted octanol–water partition coefficient (Wildman–Crippen LogP) is 4.25. The van der Waals surface area contributed by atoms with Crippen LogP contribution in [0, 0.1) is 11.3 Å². The van der Waals surface area contributed by atoms with Gasteiger partial charge in [0.05, 0.1) is 23.0 Å². The molecule has 7 heteroatoms. The first-order chi connectivity index (χ1) is 16.2. The summed E-state index contributed by atoms with van der Waals surface area (Å²) >= 11 is 0. The van der Waals surface area contributed by atoms with Crippen LogP contribution < -0.4 is 20.1 Å². The average Bonchev–Trinajstić information content (AvgIpc) is 3.44. The Morgan fingerprint density at radius 3 is 2.73 bits per heavy atom. The Hall–Kier alpha value is -4.15. The fourth-order valence-electron chi connectivity index (χ4n) is 4.05. The average molecular weight is 438 g/mol. The Kier molecular flexibility index (Phi) is 5.51. The molecule has 2 aliphatic rings. The number of carbonyl (C=O) groups excluding carboxylic acids is 1. The molecule has 1 atom stereocenters. The minimum atomic E-state index is -0.616. The highest BCUT2D eigenvalue weighted by atomic mass is 16.7. The van der Waals surface area contributed by atoms with Crippen LogP contribution in [0.25, 0.3) is 0 Å². The van der Waals surface area contributed by atoms with Crippen LogP contribution in [0.4, 0.5) is 11.4 Å². The first kappa shape index (κ1) is 20.7. The van der Waals surface area contributed by atoms with E-state index in [9.17, 15) is 10.1 Å². The second kappa shape index (κ2) is 8.77. The molecular formula is C26H22N4O3. The molecule has 2 aliphatic heterocycles. The Labute approximate surface area is 191 Å². The van der Waals surface area contributed by atoms with Crippen LogP contribution in [0.2, 0.25) is 0 Å². The molecule has 0 aliphatic carbocycles. The van der Waals surface area contributed by atoms with Crippen LogP contribution in [0.1, 0.15) is 35.1 Å². The molecule has 2 heterocycles. The molecule has 0 aromatic heterocycles. The number of hydrogen-bond donors (Lipinski definition) is 2. The smallest absolute Gasteiger partial charge is 0.238 e. The van der Waals surface area contributed by atoms with Gasteiger partial charge in [0.25, 0.3) is 0 Å². The van der Waals surface area contributed by atoms with Crippen molar-refractivity contribution >= 4 is 23.0 Å². The summed E-state index contributed by atoms with van der Waals surface area (Å²) in [6.07, 6.45) is 0. The lowest BCUT2D eigenvalue weighted by atomic mass is 9.90. The summed E-state index contributed by atoms with van der Waals surface area (Å²) in [7, 11) is 0. The lowest BCUT2D eigenvalue weighted by Crippen LogP contribution is -2.22. The number of nitrogens with one attached hydrogen (secondary N) is 2. The van der Waals surface area contributed by atoms with Gasteiger partial charge in [-0.25, -0.2) is 0 Å². The van der Waals surface area contributed by atoms with E-state index in [0.29, 0.717) is 28.5 Å². The summed E-state index contributed by atoms with van der Waals surface area (Å²) in [6.45, 7) is 3.93. The summed E-state index contributed by atoms with van der Waals surface area (Å²) in [5.41, 5.74) is 5.21. The molecule has 0 fully saturated rings. The van der Waals surface area contributed by atoms with Crippen molar-refractivity contribution in [2.75, 3.05) is 18.7 Å². The van der Waals surface area contributed by atoms with Gasteiger partial charge in [-0.05, 0) is 60.1 Å². The summed E-state index contributed by atoms with van der Waals surface area (Å²) in [6, 6.07) is 20.9. The number of rotatable bonds is 6. The van der Waals surface area contributed by atoms with Gasteiger partial charge in [0, 0.05) is 17.8 Å². The molecule has 1 unspecified atom stereocenters. The Balaban J connectivity index is 1.59. The van der Waals surface area contributed by atoms with Crippen molar-refractivity contribution in [2.24, 2.45) is 4.99 Å². The summed E-state index contributed by atoms with van der Waals surface area (Å²) in [4.78, 5) is 18.0. The van der Waals surface area contributed by atoms with Gasteiger partial charge in [-0.2, -0.15) is 5.26 Å². The van der Waals surface area contributed by atoms with Crippen LogP contribution in [0.3, 0.4) is 0 Å². The number of aliphatic imine (C=N–C) groups is 1. The summed E-state index contributed by atoms with van der Waals surface area (Å²) in [5.74, 6) is 0.496. The van der Waals surface area contributed by atoms with Gasteiger partial charge in [0.15, 0.2) is 11.5 Å². The van der Waals surface area contributed by atoms with Gasteiger partial charge in [-0.1, -0.05) is 25.1 Å². The number of ether oxygens (including phenoxy) is 2. The number of nitriles is 1. The normalized spacial score (nSPS) is 16.3. The second-order valence-corrected chi connectivity index (χ2v) is 7.85. The number of nitrogens with zero attached hydrogens (tertiary/aromatic N) is 2. The molecule has 5 rings (SSSR count).